The molecule has 4 aliphatic rings. The molecule has 4 N–H and O–H groups in total. The molecule has 230 valence electrons. The number of alkyl halides is 3. The van der Waals surface area contributed by atoms with Crippen LogP contribution in [-0.2, 0) is 0 Å². The number of aliphatic hydroxyl groups excluding tert-OH is 1. The molecule has 9 atom stereocenters. The molecule has 7 heteroatoms. The first kappa shape index (κ1) is 32.0. The van der Waals surface area contributed by atoms with E-state index in [0.717, 1.165) is 38.5 Å². The molecule has 0 spiro atoms. The number of hydrogen-bond acceptors (Lipinski definition) is 4. The highest BCUT2D eigenvalue weighted by Gasteiger charge is 2.48. The summed E-state index contributed by atoms with van der Waals surface area (Å²) in [5.41, 5.74) is 8.33. The first-order valence-corrected chi connectivity index (χ1v) is 16.4. The van der Waals surface area contributed by atoms with Gasteiger partial charge in [-0.15, -0.1) is 0 Å². The minimum Gasteiger partial charge on any atom is -0.392 e. The predicted molar refractivity (Wildman–Crippen MR) is 157 cm³/mol. The van der Waals surface area contributed by atoms with Gasteiger partial charge in [0.15, 0.2) is 0 Å². The van der Waals surface area contributed by atoms with E-state index in [2.05, 4.69) is 32.0 Å². The Morgan fingerprint density at radius 2 is 1.75 bits per heavy atom. The minimum absolute atomic E-state index is 0.000981. The number of rotatable bonds is 9. The molecule has 0 aromatic carbocycles. The number of nitrogens with one attached hydrogen (secondary N) is 1. The lowest BCUT2D eigenvalue weighted by Gasteiger charge is -2.43. The molecule has 0 radical (unpaired) electrons. The van der Waals surface area contributed by atoms with Gasteiger partial charge in [-0.2, -0.15) is 13.2 Å². The largest absolute Gasteiger partial charge is 0.392 e. The van der Waals surface area contributed by atoms with Crippen LogP contribution in [0.25, 0.3) is 0 Å². The molecule has 4 aliphatic carbocycles. The highest BCUT2D eigenvalue weighted by molar-refractivity contribution is 5.84. The molecule has 40 heavy (non-hydrogen) atoms. The summed E-state index contributed by atoms with van der Waals surface area (Å²) < 4.78 is 42.9. The second-order valence-corrected chi connectivity index (χ2v) is 14.4. The average molecular weight is 568 g/mol. The highest BCUT2D eigenvalue weighted by Crippen LogP contribution is 2.48. The Bertz CT molecular complexity index is 852. The van der Waals surface area contributed by atoms with Gasteiger partial charge < -0.3 is 21.1 Å². The quantitative estimate of drug-likeness (QED) is 0.197. The lowest BCUT2D eigenvalue weighted by molar-refractivity contribution is -0.198. The summed E-state index contributed by atoms with van der Waals surface area (Å²) in [4.78, 5) is 2.19. The normalized spacial score (nSPS) is 36.2. The Balaban J connectivity index is 1.32. The van der Waals surface area contributed by atoms with Crippen molar-refractivity contribution in [2.45, 2.75) is 134 Å². The zero-order valence-electron chi connectivity index (χ0n) is 25.3. The molecule has 0 aromatic rings. The van der Waals surface area contributed by atoms with Crippen molar-refractivity contribution in [3.8, 4) is 0 Å². The van der Waals surface area contributed by atoms with Crippen LogP contribution in [0.5, 0.6) is 0 Å². The van der Waals surface area contributed by atoms with E-state index in [-0.39, 0.29) is 30.7 Å². The summed E-state index contributed by atoms with van der Waals surface area (Å²) in [6.07, 6.45) is 11.1. The highest BCUT2D eigenvalue weighted by atomic mass is 19.4. The fraction of sp³-hybridized carbons (Fsp3) is 0.909. The molecule has 0 heterocycles. The summed E-state index contributed by atoms with van der Waals surface area (Å²) in [6, 6.07) is 0.579. The van der Waals surface area contributed by atoms with Crippen molar-refractivity contribution in [2.75, 3.05) is 14.1 Å². The van der Waals surface area contributed by atoms with Crippen molar-refractivity contribution in [3.63, 3.8) is 0 Å². The van der Waals surface area contributed by atoms with Gasteiger partial charge in [0.05, 0.1) is 12.0 Å². The second-order valence-electron chi connectivity index (χ2n) is 14.4. The van der Waals surface area contributed by atoms with Crippen molar-refractivity contribution >= 4 is 5.71 Å². The van der Waals surface area contributed by atoms with E-state index in [4.69, 9.17) is 11.1 Å². The molecule has 3 saturated carbocycles. The molecule has 3 fully saturated rings. The molecule has 0 bridgehead atoms. The van der Waals surface area contributed by atoms with Gasteiger partial charge in [-0.05, 0) is 120 Å². The van der Waals surface area contributed by atoms with Crippen LogP contribution >= 0.6 is 0 Å². The number of allylic oxidation sites excluding steroid dienone is 1. The predicted octanol–water partition coefficient (Wildman–Crippen LogP) is 7.74. The molecule has 4 nitrogen and oxygen atoms in total. The Morgan fingerprint density at radius 1 is 1.02 bits per heavy atom. The van der Waals surface area contributed by atoms with Crippen molar-refractivity contribution in [1.82, 2.24) is 4.90 Å². The maximum atomic E-state index is 14.3. The summed E-state index contributed by atoms with van der Waals surface area (Å²) in [5, 5.41) is 20.0. The lowest BCUT2D eigenvalue weighted by atomic mass is 9.65. The van der Waals surface area contributed by atoms with Gasteiger partial charge in [-0.1, -0.05) is 44.3 Å². The number of nitrogens with two attached hydrogens (primary N) is 1. The van der Waals surface area contributed by atoms with E-state index in [1.54, 1.807) is 0 Å². The van der Waals surface area contributed by atoms with Crippen LogP contribution < -0.4 is 5.73 Å². The second kappa shape index (κ2) is 14.0. The summed E-state index contributed by atoms with van der Waals surface area (Å²) >= 11 is 0. The zero-order valence-corrected chi connectivity index (χ0v) is 25.3. The van der Waals surface area contributed by atoms with Crippen molar-refractivity contribution < 1.29 is 18.3 Å². The standard InChI is InChI=1S/C33H56F3N3O/c1-21-12-13-26(18-28(21)32(38)23-9-5-4-6-10-23)31(40)20-30(37)25-15-14-24(29(19-25)33(34,35)36)16-22-8-7-11-27(17-22)39(2)3/h8,21,23-29,31-32,37,40H,4-7,9-20,38H2,1-3H3. The number of halogens is 3. The van der Waals surface area contributed by atoms with Crippen LogP contribution in [0.3, 0.4) is 0 Å². The summed E-state index contributed by atoms with van der Waals surface area (Å²) in [5.74, 6) is -0.556. The lowest BCUT2D eigenvalue weighted by Crippen LogP contribution is -2.45. The fourth-order valence-corrected chi connectivity index (χ4v) is 8.81. The first-order chi connectivity index (χ1) is 18.9. The first-order valence-electron chi connectivity index (χ1n) is 16.4. The SMILES string of the molecule is CC1CCC(C(O)CC(=N)C2CCC(CC3=CCCC(N(C)C)C3)C(C(F)(F)F)C2)CC1C(N)C1CCCCC1. The van der Waals surface area contributed by atoms with E-state index in [0.29, 0.717) is 48.8 Å². The molecule has 4 rings (SSSR count). The van der Waals surface area contributed by atoms with Gasteiger partial charge in [0.2, 0.25) is 0 Å². The van der Waals surface area contributed by atoms with E-state index >= 15 is 0 Å². The van der Waals surface area contributed by atoms with Gasteiger partial charge in [-0.3, -0.25) is 0 Å². The number of hydrogen-bond donors (Lipinski definition) is 3. The monoisotopic (exact) mass is 567 g/mol. The van der Waals surface area contributed by atoms with E-state index < -0.39 is 24.1 Å². The minimum atomic E-state index is -4.25. The van der Waals surface area contributed by atoms with Crippen LogP contribution in [0.4, 0.5) is 13.2 Å². The average Bonchev–Trinajstić information content (AvgIpc) is 2.93. The Morgan fingerprint density at radius 3 is 2.42 bits per heavy atom. The third-order valence-electron chi connectivity index (χ3n) is 11.6. The van der Waals surface area contributed by atoms with Gasteiger partial charge >= 0.3 is 6.18 Å². The summed E-state index contributed by atoms with van der Waals surface area (Å²) in [7, 11) is 4.10. The molecule has 9 unspecified atom stereocenters. The van der Waals surface area contributed by atoms with Crippen molar-refractivity contribution in [2.24, 2.45) is 47.2 Å². The van der Waals surface area contributed by atoms with Gasteiger partial charge in [0.25, 0.3) is 0 Å². The van der Waals surface area contributed by atoms with Crippen LogP contribution in [0.15, 0.2) is 11.6 Å². The van der Waals surface area contributed by atoms with E-state index in [9.17, 15) is 18.3 Å². The molecular formula is C33H56F3N3O. The Hall–Kier alpha value is -0.920. The topological polar surface area (TPSA) is 73.3 Å². The Kier molecular flexibility index (Phi) is 11.2. The van der Waals surface area contributed by atoms with Crippen LogP contribution in [0.1, 0.15) is 110 Å². The van der Waals surface area contributed by atoms with E-state index in [1.807, 2.05) is 0 Å². The fourth-order valence-electron chi connectivity index (χ4n) is 8.81. The molecule has 0 amide bonds. The molecule has 0 saturated heterocycles. The molecule has 0 aliphatic heterocycles. The molecular weight excluding hydrogens is 511 g/mol. The van der Waals surface area contributed by atoms with Gasteiger partial charge in [0.1, 0.15) is 0 Å². The van der Waals surface area contributed by atoms with E-state index in [1.165, 1.54) is 37.7 Å². The Labute approximate surface area is 241 Å². The zero-order chi connectivity index (χ0) is 29.0. The maximum absolute atomic E-state index is 14.3. The van der Waals surface area contributed by atoms with Crippen LogP contribution in [0.2, 0.25) is 0 Å². The van der Waals surface area contributed by atoms with Crippen LogP contribution in [0, 0.1) is 46.8 Å². The molecule has 0 aromatic heterocycles. The third kappa shape index (κ3) is 8.12. The van der Waals surface area contributed by atoms with Gasteiger partial charge in [0, 0.05) is 24.2 Å². The van der Waals surface area contributed by atoms with Crippen LogP contribution in [-0.4, -0.2) is 54.2 Å². The smallest absolute Gasteiger partial charge is 0.392 e. The van der Waals surface area contributed by atoms with Crippen molar-refractivity contribution in [1.29, 1.82) is 5.41 Å². The summed E-state index contributed by atoms with van der Waals surface area (Å²) in [6.45, 7) is 2.29. The number of nitrogens with zero attached hydrogens (tertiary/aromatic N) is 1. The van der Waals surface area contributed by atoms with Gasteiger partial charge in [-0.25, -0.2) is 0 Å². The third-order valence-corrected chi connectivity index (χ3v) is 11.6. The maximum Gasteiger partial charge on any atom is 0.392 e. The number of aliphatic hydroxyl groups is 1. The van der Waals surface area contributed by atoms with Crippen molar-refractivity contribution in [3.05, 3.63) is 11.6 Å².